The number of hydrogen-bond acceptors (Lipinski definition) is 2. The number of hydrogen-bond donors (Lipinski definition) is 2. The molecule has 1 aromatic carbocycles. The number of benzene rings is 1. The van der Waals surface area contributed by atoms with Gasteiger partial charge < -0.3 is 11.1 Å². The van der Waals surface area contributed by atoms with Gasteiger partial charge in [0.1, 0.15) is 0 Å². The van der Waals surface area contributed by atoms with E-state index in [4.69, 9.17) is 28.9 Å². The molecule has 2 nitrogen and oxygen atoms in total. The van der Waals surface area contributed by atoms with Crippen molar-refractivity contribution in [3.05, 3.63) is 33.8 Å². The Kier molecular flexibility index (Phi) is 5.40. The van der Waals surface area contributed by atoms with Gasteiger partial charge in [-0.3, -0.25) is 0 Å². The van der Waals surface area contributed by atoms with E-state index in [2.05, 4.69) is 12.2 Å². The van der Waals surface area contributed by atoms with Crippen LogP contribution in [0.4, 0.5) is 0 Å². The summed E-state index contributed by atoms with van der Waals surface area (Å²) in [7, 11) is 0. The molecule has 0 aromatic heterocycles. The predicted octanol–water partition coefficient (Wildman–Crippen LogP) is 2.47. The highest BCUT2D eigenvalue weighted by Gasteiger charge is 2.06. The largest absolute Gasteiger partial charge is 0.329 e. The van der Waals surface area contributed by atoms with Crippen LogP contribution in [0.3, 0.4) is 0 Å². The lowest BCUT2D eigenvalue weighted by Crippen LogP contribution is -2.32. The van der Waals surface area contributed by atoms with Crippen molar-refractivity contribution in [2.24, 2.45) is 5.73 Å². The molecule has 0 heterocycles. The van der Waals surface area contributed by atoms with Crippen molar-refractivity contribution >= 4 is 23.2 Å². The van der Waals surface area contributed by atoms with Crippen molar-refractivity contribution in [1.82, 2.24) is 5.32 Å². The normalized spacial score (nSPS) is 12.8. The van der Waals surface area contributed by atoms with Gasteiger partial charge in [0.15, 0.2) is 0 Å². The molecule has 0 aliphatic heterocycles. The fourth-order valence-corrected chi connectivity index (χ4v) is 1.90. The fraction of sp³-hybridized carbons (Fsp3) is 0.455. The van der Waals surface area contributed by atoms with Crippen molar-refractivity contribution < 1.29 is 0 Å². The van der Waals surface area contributed by atoms with Crippen molar-refractivity contribution in [3.63, 3.8) is 0 Å². The molecule has 0 bridgehead atoms. The standard InChI is InChI=1S/C11H16Cl2N2/c1-8(15-5-4-14)6-9-2-3-10(12)7-11(9)13/h2-3,7-8,15H,4-6,14H2,1H3. The zero-order valence-electron chi connectivity index (χ0n) is 8.76. The smallest absolute Gasteiger partial charge is 0.0453 e. The molecular weight excluding hydrogens is 231 g/mol. The van der Waals surface area contributed by atoms with Crippen LogP contribution in [-0.2, 0) is 6.42 Å². The van der Waals surface area contributed by atoms with E-state index in [1.54, 1.807) is 6.07 Å². The number of nitrogens with two attached hydrogens (primary N) is 1. The number of nitrogens with one attached hydrogen (secondary N) is 1. The Morgan fingerprint density at radius 3 is 2.73 bits per heavy atom. The lowest BCUT2D eigenvalue weighted by molar-refractivity contribution is 0.553. The Morgan fingerprint density at radius 2 is 2.13 bits per heavy atom. The van der Waals surface area contributed by atoms with E-state index in [0.29, 0.717) is 17.6 Å². The van der Waals surface area contributed by atoms with Crippen molar-refractivity contribution in [2.75, 3.05) is 13.1 Å². The van der Waals surface area contributed by atoms with E-state index < -0.39 is 0 Å². The first kappa shape index (κ1) is 12.8. The van der Waals surface area contributed by atoms with Gasteiger partial charge in [0, 0.05) is 29.2 Å². The molecule has 1 atom stereocenters. The molecule has 1 aromatic rings. The van der Waals surface area contributed by atoms with Crippen molar-refractivity contribution in [3.8, 4) is 0 Å². The molecule has 0 spiro atoms. The summed E-state index contributed by atoms with van der Waals surface area (Å²) in [6, 6.07) is 5.96. The van der Waals surface area contributed by atoms with Crippen LogP contribution in [0.25, 0.3) is 0 Å². The molecule has 0 saturated carbocycles. The summed E-state index contributed by atoms with van der Waals surface area (Å²) in [5.41, 5.74) is 6.52. The van der Waals surface area contributed by atoms with E-state index in [1.807, 2.05) is 12.1 Å². The van der Waals surface area contributed by atoms with E-state index >= 15 is 0 Å². The first-order valence-corrected chi connectivity index (χ1v) is 5.76. The van der Waals surface area contributed by atoms with Crippen molar-refractivity contribution in [1.29, 1.82) is 0 Å². The summed E-state index contributed by atoms with van der Waals surface area (Å²) in [4.78, 5) is 0. The van der Waals surface area contributed by atoms with Gasteiger partial charge in [-0.1, -0.05) is 29.3 Å². The highest BCUT2D eigenvalue weighted by molar-refractivity contribution is 6.35. The Labute approximate surface area is 101 Å². The Hall–Kier alpha value is -0.280. The van der Waals surface area contributed by atoms with E-state index in [9.17, 15) is 0 Å². The fourth-order valence-electron chi connectivity index (χ4n) is 1.42. The second kappa shape index (κ2) is 6.33. The molecule has 1 rings (SSSR count). The zero-order valence-corrected chi connectivity index (χ0v) is 10.3. The van der Waals surface area contributed by atoms with E-state index in [-0.39, 0.29) is 0 Å². The summed E-state index contributed by atoms with van der Waals surface area (Å²) in [6.45, 7) is 3.59. The van der Waals surface area contributed by atoms with Crippen molar-refractivity contribution in [2.45, 2.75) is 19.4 Å². The molecule has 0 amide bonds. The van der Waals surface area contributed by atoms with Crippen LogP contribution in [0.5, 0.6) is 0 Å². The van der Waals surface area contributed by atoms with Crippen LogP contribution < -0.4 is 11.1 Å². The summed E-state index contributed by atoms with van der Waals surface area (Å²) in [6.07, 6.45) is 0.885. The van der Waals surface area contributed by atoms with Gasteiger partial charge in [-0.05, 0) is 31.0 Å². The summed E-state index contributed by atoms with van der Waals surface area (Å²) in [5.74, 6) is 0. The second-order valence-corrected chi connectivity index (χ2v) is 4.43. The molecule has 0 radical (unpaired) electrons. The highest BCUT2D eigenvalue weighted by Crippen LogP contribution is 2.21. The Bertz CT molecular complexity index is 315. The highest BCUT2D eigenvalue weighted by atomic mass is 35.5. The van der Waals surface area contributed by atoms with Gasteiger partial charge in [0.25, 0.3) is 0 Å². The summed E-state index contributed by atoms with van der Waals surface area (Å²) >= 11 is 11.9. The lowest BCUT2D eigenvalue weighted by atomic mass is 10.1. The first-order chi connectivity index (χ1) is 7.13. The maximum atomic E-state index is 6.07. The predicted molar refractivity (Wildman–Crippen MR) is 66.7 cm³/mol. The Morgan fingerprint density at radius 1 is 1.40 bits per heavy atom. The minimum absolute atomic E-state index is 0.368. The van der Waals surface area contributed by atoms with Gasteiger partial charge in [-0.2, -0.15) is 0 Å². The lowest BCUT2D eigenvalue weighted by Gasteiger charge is -2.14. The van der Waals surface area contributed by atoms with Crippen LogP contribution in [0.2, 0.25) is 10.0 Å². The average molecular weight is 247 g/mol. The molecule has 0 saturated heterocycles. The quantitative estimate of drug-likeness (QED) is 0.838. The van der Waals surface area contributed by atoms with Gasteiger partial charge >= 0.3 is 0 Å². The first-order valence-electron chi connectivity index (χ1n) is 5.01. The monoisotopic (exact) mass is 246 g/mol. The molecule has 0 aliphatic carbocycles. The van der Waals surface area contributed by atoms with Gasteiger partial charge in [-0.25, -0.2) is 0 Å². The van der Waals surface area contributed by atoms with E-state index in [1.165, 1.54) is 0 Å². The molecule has 84 valence electrons. The van der Waals surface area contributed by atoms with Crippen LogP contribution in [-0.4, -0.2) is 19.1 Å². The third-order valence-corrected chi connectivity index (χ3v) is 2.77. The van der Waals surface area contributed by atoms with Crippen LogP contribution in [0.15, 0.2) is 18.2 Å². The zero-order chi connectivity index (χ0) is 11.3. The number of halogens is 2. The van der Waals surface area contributed by atoms with Gasteiger partial charge in [-0.15, -0.1) is 0 Å². The average Bonchev–Trinajstić information content (AvgIpc) is 2.19. The third-order valence-electron chi connectivity index (χ3n) is 2.18. The topological polar surface area (TPSA) is 38.0 Å². The second-order valence-electron chi connectivity index (χ2n) is 3.58. The van der Waals surface area contributed by atoms with Crippen LogP contribution in [0, 0.1) is 0 Å². The molecule has 15 heavy (non-hydrogen) atoms. The van der Waals surface area contributed by atoms with Crippen LogP contribution >= 0.6 is 23.2 Å². The maximum Gasteiger partial charge on any atom is 0.0453 e. The molecule has 0 aliphatic rings. The third kappa shape index (κ3) is 4.39. The minimum Gasteiger partial charge on any atom is -0.329 e. The molecule has 4 heteroatoms. The van der Waals surface area contributed by atoms with Crippen LogP contribution in [0.1, 0.15) is 12.5 Å². The molecular formula is C11H16Cl2N2. The Balaban J connectivity index is 2.56. The van der Waals surface area contributed by atoms with Gasteiger partial charge in [0.2, 0.25) is 0 Å². The molecule has 3 N–H and O–H groups in total. The van der Waals surface area contributed by atoms with E-state index in [0.717, 1.165) is 23.6 Å². The minimum atomic E-state index is 0.368. The molecule has 0 fully saturated rings. The number of rotatable bonds is 5. The maximum absolute atomic E-state index is 6.07. The molecule has 1 unspecified atom stereocenters. The summed E-state index contributed by atoms with van der Waals surface area (Å²) in [5, 5.41) is 4.70. The van der Waals surface area contributed by atoms with Gasteiger partial charge in [0.05, 0.1) is 0 Å². The summed E-state index contributed by atoms with van der Waals surface area (Å²) < 4.78 is 0. The SMILES string of the molecule is CC(Cc1ccc(Cl)cc1Cl)NCCN.